The first kappa shape index (κ1) is 13.8. The van der Waals surface area contributed by atoms with Gasteiger partial charge in [0.15, 0.2) is 5.78 Å². The van der Waals surface area contributed by atoms with Gasteiger partial charge in [0.1, 0.15) is 5.75 Å². The number of aryl methyl sites for hydroxylation is 1. The van der Waals surface area contributed by atoms with Crippen molar-refractivity contribution >= 4 is 37.6 Å². The summed E-state index contributed by atoms with van der Waals surface area (Å²) in [5.74, 6) is 0.714. The van der Waals surface area contributed by atoms with Crippen molar-refractivity contribution in [2.45, 2.75) is 13.3 Å². The molecule has 0 aromatic heterocycles. The molecule has 4 heteroatoms. The summed E-state index contributed by atoms with van der Waals surface area (Å²) >= 11 is 6.92. The lowest BCUT2D eigenvalue weighted by Crippen LogP contribution is -2.05. The van der Waals surface area contributed by atoms with Crippen molar-refractivity contribution in [1.82, 2.24) is 0 Å². The van der Waals surface area contributed by atoms with E-state index in [1.165, 1.54) is 0 Å². The summed E-state index contributed by atoms with van der Waals surface area (Å²) in [5.41, 5.74) is 3.44. The lowest BCUT2D eigenvalue weighted by atomic mass is 9.99. The number of benzene rings is 2. The second-order valence-corrected chi connectivity index (χ2v) is 6.62. The Morgan fingerprint density at radius 2 is 1.95 bits per heavy atom. The molecule has 0 radical (unpaired) electrons. The third-order valence-electron chi connectivity index (χ3n) is 3.36. The molecule has 2 nitrogen and oxygen atoms in total. The van der Waals surface area contributed by atoms with Crippen molar-refractivity contribution in [3.8, 4) is 5.75 Å². The van der Waals surface area contributed by atoms with Crippen LogP contribution < -0.4 is 4.74 Å². The van der Waals surface area contributed by atoms with E-state index in [-0.39, 0.29) is 5.78 Å². The van der Waals surface area contributed by atoms with E-state index < -0.39 is 0 Å². The number of halogens is 2. The van der Waals surface area contributed by atoms with E-state index in [0.29, 0.717) is 17.7 Å². The Morgan fingerprint density at radius 1 is 1.15 bits per heavy atom. The molecule has 0 unspecified atom stereocenters. The number of fused-ring (bicyclic) bond motifs is 1. The summed E-state index contributed by atoms with van der Waals surface area (Å²) in [4.78, 5) is 12.8. The molecule has 0 aliphatic carbocycles. The molecule has 1 aliphatic rings. The van der Waals surface area contributed by atoms with Crippen LogP contribution in [0.2, 0.25) is 0 Å². The Hall–Kier alpha value is -1.13. The summed E-state index contributed by atoms with van der Waals surface area (Å²) in [7, 11) is 0. The maximum absolute atomic E-state index is 12.8. The quantitative estimate of drug-likeness (QED) is 0.689. The molecule has 2 aromatic carbocycles. The predicted molar refractivity (Wildman–Crippen MR) is 85.7 cm³/mol. The number of rotatable bonds is 2. The standard InChI is InChI=1S/C16H12Br2O2/c1-9-2-3-14(18)12(6-9)15(19)13-8-11(17)7-10-4-5-20-16(10)13/h2-3,6-8H,4-5H2,1H3. The van der Waals surface area contributed by atoms with Gasteiger partial charge in [-0.15, -0.1) is 0 Å². The highest BCUT2D eigenvalue weighted by Gasteiger charge is 2.23. The first-order valence-corrected chi connectivity index (χ1v) is 7.91. The zero-order chi connectivity index (χ0) is 14.3. The molecule has 0 amide bonds. The fourth-order valence-electron chi connectivity index (χ4n) is 2.40. The van der Waals surface area contributed by atoms with Crippen LogP contribution in [-0.4, -0.2) is 12.4 Å². The van der Waals surface area contributed by atoms with Gasteiger partial charge in [-0.3, -0.25) is 4.79 Å². The van der Waals surface area contributed by atoms with Crippen molar-refractivity contribution in [2.75, 3.05) is 6.61 Å². The van der Waals surface area contributed by atoms with Gasteiger partial charge in [-0.05, 0) is 36.8 Å². The van der Waals surface area contributed by atoms with Crippen molar-refractivity contribution in [3.63, 3.8) is 0 Å². The Bertz CT molecular complexity index is 708. The summed E-state index contributed by atoms with van der Waals surface area (Å²) in [6.07, 6.45) is 0.851. The maximum Gasteiger partial charge on any atom is 0.197 e. The number of carbonyl (C=O) groups excluding carboxylic acids is 1. The summed E-state index contributed by atoms with van der Waals surface area (Å²) in [6, 6.07) is 9.63. The second-order valence-electron chi connectivity index (χ2n) is 4.85. The number of hydrogen-bond donors (Lipinski definition) is 0. The van der Waals surface area contributed by atoms with Crippen molar-refractivity contribution in [2.24, 2.45) is 0 Å². The Kier molecular flexibility index (Phi) is 3.69. The van der Waals surface area contributed by atoms with Gasteiger partial charge in [0.25, 0.3) is 0 Å². The highest BCUT2D eigenvalue weighted by atomic mass is 79.9. The molecule has 0 fully saturated rings. The Labute approximate surface area is 134 Å². The lowest BCUT2D eigenvalue weighted by molar-refractivity contribution is 0.103. The molecular weight excluding hydrogens is 384 g/mol. The third-order valence-corrected chi connectivity index (χ3v) is 4.51. The summed E-state index contributed by atoms with van der Waals surface area (Å²) in [5, 5.41) is 0. The minimum atomic E-state index is -0.0139. The second kappa shape index (κ2) is 5.34. The van der Waals surface area contributed by atoms with Gasteiger partial charge < -0.3 is 4.74 Å². The fourth-order valence-corrected chi connectivity index (χ4v) is 3.33. The van der Waals surface area contributed by atoms with Crippen molar-refractivity contribution < 1.29 is 9.53 Å². The number of carbonyl (C=O) groups is 1. The smallest absolute Gasteiger partial charge is 0.197 e. The first-order chi connectivity index (χ1) is 9.56. The van der Waals surface area contributed by atoms with E-state index in [1.54, 1.807) is 0 Å². The first-order valence-electron chi connectivity index (χ1n) is 6.32. The monoisotopic (exact) mass is 394 g/mol. The molecule has 2 aromatic rings. The molecule has 102 valence electrons. The molecule has 0 spiro atoms. The summed E-state index contributed by atoms with van der Waals surface area (Å²) < 4.78 is 7.36. The van der Waals surface area contributed by atoms with Crippen LogP contribution in [0.5, 0.6) is 5.75 Å². The van der Waals surface area contributed by atoms with Crippen molar-refractivity contribution in [1.29, 1.82) is 0 Å². The van der Waals surface area contributed by atoms with Crippen LogP contribution in [0.25, 0.3) is 0 Å². The van der Waals surface area contributed by atoms with Crippen LogP contribution in [-0.2, 0) is 6.42 Å². The fraction of sp³-hybridized carbons (Fsp3) is 0.188. The molecule has 0 N–H and O–H groups in total. The van der Waals surface area contributed by atoms with Crippen LogP contribution in [0.3, 0.4) is 0 Å². The average Bonchev–Trinajstić information content (AvgIpc) is 2.87. The minimum Gasteiger partial charge on any atom is -0.492 e. The number of ketones is 1. The van der Waals surface area contributed by atoms with Gasteiger partial charge in [-0.2, -0.15) is 0 Å². The predicted octanol–water partition coefficient (Wildman–Crippen LogP) is 4.69. The third kappa shape index (κ3) is 2.42. The topological polar surface area (TPSA) is 26.3 Å². The zero-order valence-corrected chi connectivity index (χ0v) is 14.0. The highest BCUT2D eigenvalue weighted by molar-refractivity contribution is 9.10. The van der Waals surface area contributed by atoms with Gasteiger partial charge >= 0.3 is 0 Å². The van der Waals surface area contributed by atoms with E-state index in [1.807, 2.05) is 37.3 Å². The van der Waals surface area contributed by atoms with E-state index in [9.17, 15) is 4.79 Å². The zero-order valence-electron chi connectivity index (χ0n) is 10.9. The van der Waals surface area contributed by atoms with Crippen molar-refractivity contribution in [3.05, 3.63) is 61.5 Å². The van der Waals surface area contributed by atoms with Crippen LogP contribution in [0.4, 0.5) is 0 Å². The molecule has 0 bridgehead atoms. The Morgan fingerprint density at radius 3 is 2.75 bits per heavy atom. The molecule has 3 rings (SSSR count). The molecule has 20 heavy (non-hydrogen) atoms. The maximum atomic E-state index is 12.8. The van der Waals surface area contributed by atoms with Crippen LogP contribution in [0.15, 0.2) is 39.3 Å². The molecule has 1 heterocycles. The molecule has 0 saturated carbocycles. The van der Waals surface area contributed by atoms with Gasteiger partial charge in [0, 0.05) is 20.9 Å². The van der Waals surface area contributed by atoms with E-state index in [4.69, 9.17) is 4.74 Å². The summed E-state index contributed by atoms with van der Waals surface area (Å²) in [6.45, 7) is 2.62. The Balaban J connectivity index is 2.14. The van der Waals surface area contributed by atoms with E-state index >= 15 is 0 Å². The van der Waals surface area contributed by atoms with Crippen LogP contribution in [0.1, 0.15) is 27.0 Å². The van der Waals surface area contributed by atoms with E-state index in [0.717, 1.165) is 32.2 Å². The SMILES string of the molecule is Cc1ccc(Br)c(C(=O)c2cc(Br)cc3c2OCC3)c1. The number of hydrogen-bond acceptors (Lipinski definition) is 2. The average molecular weight is 396 g/mol. The van der Waals surface area contributed by atoms with Gasteiger partial charge in [-0.1, -0.05) is 43.5 Å². The largest absolute Gasteiger partial charge is 0.492 e. The van der Waals surface area contributed by atoms with Crippen LogP contribution in [0, 0.1) is 6.92 Å². The molecule has 0 atom stereocenters. The number of ether oxygens (including phenoxy) is 1. The molecule has 1 aliphatic heterocycles. The van der Waals surface area contributed by atoms with Gasteiger partial charge in [-0.25, -0.2) is 0 Å². The van der Waals surface area contributed by atoms with E-state index in [2.05, 4.69) is 31.9 Å². The molecular formula is C16H12Br2O2. The van der Waals surface area contributed by atoms with Gasteiger partial charge in [0.2, 0.25) is 0 Å². The highest BCUT2D eigenvalue weighted by Crippen LogP contribution is 2.35. The molecule has 0 saturated heterocycles. The minimum absolute atomic E-state index is 0.0139. The lowest BCUT2D eigenvalue weighted by Gasteiger charge is -2.10. The van der Waals surface area contributed by atoms with Crippen LogP contribution >= 0.6 is 31.9 Å². The van der Waals surface area contributed by atoms with Gasteiger partial charge in [0.05, 0.1) is 12.2 Å². The normalized spacial score (nSPS) is 12.9.